The highest BCUT2D eigenvalue weighted by atomic mass is 19.1. The second-order valence-electron chi connectivity index (χ2n) is 8.06. The molecule has 4 N–H and O–H groups in total. The summed E-state index contributed by atoms with van der Waals surface area (Å²) in [6, 6.07) is 12.0. The third kappa shape index (κ3) is 6.60. The monoisotopic (exact) mass is 428 g/mol. The Morgan fingerprint density at radius 3 is 2.68 bits per heavy atom. The number of ether oxygens (including phenoxy) is 2. The highest BCUT2D eigenvalue weighted by Gasteiger charge is 2.24. The minimum atomic E-state index is -0.790. The van der Waals surface area contributed by atoms with E-state index in [1.165, 1.54) is 12.1 Å². The number of aliphatic imine (C=N–C) groups is 1. The van der Waals surface area contributed by atoms with Crippen molar-refractivity contribution in [2.24, 2.45) is 16.1 Å². The fourth-order valence-electron chi connectivity index (χ4n) is 2.89. The van der Waals surface area contributed by atoms with E-state index in [1.54, 1.807) is 19.9 Å². The molecule has 0 spiro atoms. The Kier molecular flexibility index (Phi) is 7.33. The zero-order valence-electron chi connectivity index (χ0n) is 17.9. The number of hydrogen-bond donors (Lipinski definition) is 3. The number of carbonyl (C=O) groups is 1. The maximum absolute atomic E-state index is 13.4. The quantitative estimate of drug-likeness (QED) is 0.465. The average Bonchev–Trinajstić information content (AvgIpc) is 2.97. The van der Waals surface area contributed by atoms with E-state index in [4.69, 9.17) is 15.2 Å². The summed E-state index contributed by atoms with van der Waals surface area (Å²) in [5, 5.41) is 6.47. The molecule has 1 heterocycles. The molecule has 1 aliphatic rings. The summed E-state index contributed by atoms with van der Waals surface area (Å²) in [7, 11) is 0. The van der Waals surface area contributed by atoms with E-state index in [1.807, 2.05) is 24.3 Å². The van der Waals surface area contributed by atoms with Crippen molar-refractivity contribution >= 4 is 17.6 Å². The molecule has 0 saturated heterocycles. The molecule has 3 rings (SSSR count). The molecule has 0 bridgehead atoms. The van der Waals surface area contributed by atoms with E-state index in [9.17, 15) is 9.18 Å². The second-order valence-corrected chi connectivity index (χ2v) is 8.06. The molecule has 0 aliphatic carbocycles. The second kappa shape index (κ2) is 10.1. The van der Waals surface area contributed by atoms with Crippen LogP contribution in [0.2, 0.25) is 0 Å². The van der Waals surface area contributed by atoms with Gasteiger partial charge in [0.2, 0.25) is 5.91 Å². The maximum atomic E-state index is 13.4. The maximum Gasteiger partial charge on any atom is 0.224 e. The van der Waals surface area contributed by atoms with E-state index < -0.39 is 11.3 Å². The molecular formula is C23H29FN4O3. The number of carbonyl (C=O) groups excluding carboxylic acids is 1. The molecule has 31 heavy (non-hydrogen) atoms. The van der Waals surface area contributed by atoms with Crippen LogP contribution in [0, 0.1) is 11.2 Å². The minimum Gasteiger partial charge on any atom is -0.490 e. The summed E-state index contributed by atoms with van der Waals surface area (Å²) in [5.41, 5.74) is 6.32. The predicted molar refractivity (Wildman–Crippen MR) is 119 cm³/mol. The van der Waals surface area contributed by atoms with Gasteiger partial charge in [0.25, 0.3) is 0 Å². The van der Waals surface area contributed by atoms with Crippen molar-refractivity contribution in [2.75, 3.05) is 31.6 Å². The molecule has 7 nitrogen and oxygen atoms in total. The Balaban J connectivity index is 1.72. The van der Waals surface area contributed by atoms with Gasteiger partial charge in [-0.1, -0.05) is 12.1 Å². The summed E-state index contributed by atoms with van der Waals surface area (Å²) in [6.45, 7) is 5.44. The zero-order chi connectivity index (χ0) is 22.3. The summed E-state index contributed by atoms with van der Waals surface area (Å²) in [4.78, 5) is 16.2. The van der Waals surface area contributed by atoms with Crippen LogP contribution in [-0.4, -0.2) is 38.2 Å². The molecule has 166 valence electrons. The Morgan fingerprint density at radius 2 is 1.94 bits per heavy atom. The summed E-state index contributed by atoms with van der Waals surface area (Å²) in [6.07, 6.45) is 1.44. The van der Waals surface area contributed by atoms with Gasteiger partial charge in [-0.2, -0.15) is 0 Å². The normalized spacial score (nSPS) is 14.0. The van der Waals surface area contributed by atoms with Crippen LogP contribution in [0.3, 0.4) is 0 Å². The number of guanidine groups is 1. The van der Waals surface area contributed by atoms with Crippen molar-refractivity contribution in [3.05, 3.63) is 53.8 Å². The van der Waals surface area contributed by atoms with Gasteiger partial charge in [-0.05, 0) is 50.1 Å². The molecule has 0 atom stereocenters. The lowest BCUT2D eigenvalue weighted by Gasteiger charge is -2.20. The fourth-order valence-corrected chi connectivity index (χ4v) is 2.89. The van der Waals surface area contributed by atoms with Gasteiger partial charge in [0, 0.05) is 24.7 Å². The molecule has 0 unspecified atom stereocenters. The topological polar surface area (TPSA) is 98.0 Å². The van der Waals surface area contributed by atoms with Crippen molar-refractivity contribution in [3.8, 4) is 11.5 Å². The summed E-state index contributed by atoms with van der Waals surface area (Å²) in [5.74, 6) is 1.17. The van der Waals surface area contributed by atoms with Gasteiger partial charge >= 0.3 is 0 Å². The number of anilines is 1. The van der Waals surface area contributed by atoms with E-state index >= 15 is 0 Å². The molecule has 1 amide bonds. The van der Waals surface area contributed by atoms with Crippen LogP contribution in [0.1, 0.15) is 25.8 Å². The first-order chi connectivity index (χ1) is 14.8. The number of nitrogens with one attached hydrogen (secondary N) is 2. The Labute approximate surface area is 181 Å². The molecule has 1 aliphatic heterocycles. The van der Waals surface area contributed by atoms with Crippen LogP contribution >= 0.6 is 0 Å². The van der Waals surface area contributed by atoms with Crippen molar-refractivity contribution in [2.45, 2.75) is 26.7 Å². The molecule has 8 heteroatoms. The predicted octanol–water partition coefficient (Wildman–Crippen LogP) is 3.10. The van der Waals surface area contributed by atoms with Crippen LogP contribution in [0.5, 0.6) is 11.5 Å². The zero-order valence-corrected chi connectivity index (χ0v) is 17.9. The Morgan fingerprint density at radius 1 is 1.16 bits per heavy atom. The van der Waals surface area contributed by atoms with Gasteiger partial charge in [0.1, 0.15) is 5.82 Å². The highest BCUT2D eigenvalue weighted by molar-refractivity contribution is 5.94. The Bertz CT molecular complexity index is 946. The smallest absolute Gasteiger partial charge is 0.224 e. The number of nitrogens with zero attached hydrogens (tertiary/aromatic N) is 1. The molecule has 0 saturated carbocycles. The average molecular weight is 429 g/mol. The van der Waals surface area contributed by atoms with Crippen molar-refractivity contribution in [1.29, 1.82) is 0 Å². The lowest BCUT2D eigenvalue weighted by molar-refractivity contribution is -0.125. The largest absolute Gasteiger partial charge is 0.490 e. The van der Waals surface area contributed by atoms with Gasteiger partial charge in [-0.3, -0.25) is 9.79 Å². The lowest BCUT2D eigenvalue weighted by Crippen LogP contribution is -2.37. The van der Waals surface area contributed by atoms with Gasteiger partial charge in [0.15, 0.2) is 17.5 Å². The van der Waals surface area contributed by atoms with Crippen molar-refractivity contribution in [3.63, 3.8) is 0 Å². The first kappa shape index (κ1) is 22.4. The van der Waals surface area contributed by atoms with Crippen molar-refractivity contribution in [1.82, 2.24) is 5.32 Å². The van der Waals surface area contributed by atoms with E-state index in [0.29, 0.717) is 43.6 Å². The molecule has 0 aromatic heterocycles. The third-order valence-corrected chi connectivity index (χ3v) is 4.90. The van der Waals surface area contributed by atoms with Crippen molar-refractivity contribution < 1.29 is 18.7 Å². The minimum absolute atomic E-state index is 0.210. The SMILES string of the molecule is CC(C)(CN=C(NCCc1cccc(F)c1)Nc1ccc2c(c1)OCCCO2)C(N)=O. The molecular weight excluding hydrogens is 399 g/mol. The molecule has 2 aromatic carbocycles. The van der Waals surface area contributed by atoms with Crippen LogP contribution < -0.4 is 25.8 Å². The first-order valence-corrected chi connectivity index (χ1v) is 10.3. The van der Waals surface area contributed by atoms with Crippen LogP contribution in [0.4, 0.5) is 10.1 Å². The number of amides is 1. The van der Waals surface area contributed by atoms with Gasteiger partial charge in [-0.15, -0.1) is 0 Å². The summed E-state index contributed by atoms with van der Waals surface area (Å²) >= 11 is 0. The van der Waals surface area contributed by atoms with Gasteiger partial charge < -0.3 is 25.8 Å². The number of primary amides is 1. The third-order valence-electron chi connectivity index (χ3n) is 4.90. The molecule has 2 aromatic rings. The Hall–Kier alpha value is -3.29. The van der Waals surface area contributed by atoms with E-state index in [0.717, 1.165) is 17.7 Å². The highest BCUT2D eigenvalue weighted by Crippen LogP contribution is 2.32. The molecule has 0 fully saturated rings. The number of hydrogen-bond acceptors (Lipinski definition) is 4. The van der Waals surface area contributed by atoms with Crippen LogP contribution in [-0.2, 0) is 11.2 Å². The number of fused-ring (bicyclic) bond motifs is 1. The van der Waals surface area contributed by atoms with Gasteiger partial charge in [-0.25, -0.2) is 4.39 Å². The number of rotatable bonds is 7. The van der Waals surface area contributed by atoms with E-state index in [-0.39, 0.29) is 12.4 Å². The standard InChI is InChI=1S/C23H29FN4O3/c1-23(2,21(25)29)15-27-22(26-10-9-16-5-3-6-17(24)13-16)28-18-7-8-19-20(14-18)31-12-4-11-30-19/h3,5-8,13-14H,4,9-12,15H2,1-2H3,(H2,25,29)(H2,26,27,28). The van der Waals surface area contributed by atoms with Gasteiger partial charge in [0.05, 0.1) is 25.2 Å². The number of nitrogens with two attached hydrogens (primary N) is 1. The van der Waals surface area contributed by atoms with Crippen LogP contribution in [0.25, 0.3) is 0 Å². The first-order valence-electron chi connectivity index (χ1n) is 10.3. The van der Waals surface area contributed by atoms with E-state index in [2.05, 4.69) is 15.6 Å². The van der Waals surface area contributed by atoms with Crippen LogP contribution in [0.15, 0.2) is 47.5 Å². The molecule has 0 radical (unpaired) electrons. The number of benzene rings is 2. The lowest BCUT2D eigenvalue weighted by atomic mass is 9.93. The number of halogens is 1. The fraction of sp³-hybridized carbons (Fsp3) is 0.391. The summed E-state index contributed by atoms with van der Waals surface area (Å²) < 4.78 is 24.8.